The van der Waals surface area contributed by atoms with Crippen LogP contribution in [0.1, 0.15) is 31.2 Å². The number of aromatic hydroxyl groups is 1. The van der Waals surface area contributed by atoms with Gasteiger partial charge in [0.2, 0.25) is 29.5 Å². The van der Waals surface area contributed by atoms with E-state index in [0.717, 1.165) is 0 Å². The Morgan fingerprint density at radius 1 is 0.737 bits per heavy atom. The molecular weight excluding hydrogens is 508 g/mol. The van der Waals surface area contributed by atoms with E-state index in [9.17, 15) is 43.8 Å². The minimum absolute atomic E-state index is 0.00332. The fourth-order valence-electron chi connectivity index (χ4n) is 3.15. The summed E-state index contributed by atoms with van der Waals surface area (Å²) in [5.41, 5.74) is 16.7. The second-order valence-corrected chi connectivity index (χ2v) is 8.27. The molecule has 16 nitrogen and oxygen atoms in total. The fraction of sp³-hybridized carbons (Fsp3) is 0.409. The Hall–Kier alpha value is -4.73. The molecule has 12 N–H and O–H groups in total. The van der Waals surface area contributed by atoms with Crippen LogP contribution < -0.4 is 33.2 Å². The van der Waals surface area contributed by atoms with Crippen molar-refractivity contribution in [3.05, 3.63) is 29.8 Å². The van der Waals surface area contributed by atoms with Gasteiger partial charge in [-0.1, -0.05) is 12.1 Å². The molecule has 0 saturated heterocycles. The Bertz CT molecular complexity index is 1060. The van der Waals surface area contributed by atoms with Gasteiger partial charge in [0.05, 0.1) is 18.9 Å². The minimum Gasteiger partial charge on any atom is -0.508 e. The number of carbonyl (C=O) groups excluding carboxylic acids is 5. The molecule has 1 aromatic carbocycles. The van der Waals surface area contributed by atoms with Crippen LogP contribution in [0.5, 0.6) is 5.75 Å². The number of phenolic OH excluding ortho intramolecular Hbond substituents is 1. The van der Waals surface area contributed by atoms with Crippen molar-refractivity contribution in [3.63, 3.8) is 0 Å². The van der Waals surface area contributed by atoms with E-state index in [4.69, 9.17) is 22.3 Å². The van der Waals surface area contributed by atoms with Crippen molar-refractivity contribution >= 4 is 41.5 Å². The number of aliphatic carboxylic acids is 2. The lowest BCUT2D eigenvalue weighted by molar-refractivity contribution is -0.143. The summed E-state index contributed by atoms with van der Waals surface area (Å²) in [4.78, 5) is 83.1. The van der Waals surface area contributed by atoms with Crippen molar-refractivity contribution in [1.82, 2.24) is 16.0 Å². The number of nitrogens with one attached hydrogen (secondary N) is 3. The largest absolute Gasteiger partial charge is 0.508 e. The first-order chi connectivity index (χ1) is 17.7. The zero-order valence-corrected chi connectivity index (χ0v) is 20.1. The Balaban J connectivity index is 2.98. The Morgan fingerprint density at radius 3 is 1.61 bits per heavy atom. The van der Waals surface area contributed by atoms with E-state index in [0.29, 0.717) is 5.56 Å². The highest BCUT2D eigenvalue weighted by Gasteiger charge is 2.32. The minimum atomic E-state index is -1.73. The molecule has 4 atom stereocenters. The van der Waals surface area contributed by atoms with Crippen molar-refractivity contribution in [2.24, 2.45) is 17.2 Å². The molecule has 1 rings (SSSR count). The van der Waals surface area contributed by atoms with E-state index in [-0.39, 0.29) is 12.2 Å². The van der Waals surface area contributed by atoms with Gasteiger partial charge in [-0.3, -0.25) is 28.8 Å². The number of primary amides is 2. The summed E-state index contributed by atoms with van der Waals surface area (Å²) >= 11 is 0. The number of phenols is 1. The highest BCUT2D eigenvalue weighted by atomic mass is 16.4. The van der Waals surface area contributed by atoms with E-state index >= 15 is 0 Å². The monoisotopic (exact) mass is 538 g/mol. The number of amides is 5. The topological polar surface area (TPSA) is 294 Å². The number of carbonyl (C=O) groups is 7. The van der Waals surface area contributed by atoms with E-state index in [1.807, 2.05) is 5.32 Å². The SMILES string of the molecule is NC(=O)CC(NC(=O)C(N)Cc1ccc(O)cc1)C(=O)NC(CC(N)=O)C(=O)NC(CCC(=O)O)C(=O)O. The first-order valence-electron chi connectivity index (χ1n) is 11.1. The number of benzene rings is 1. The predicted octanol–water partition coefficient (Wildman–Crippen LogP) is -3.58. The molecule has 0 aromatic heterocycles. The zero-order valence-electron chi connectivity index (χ0n) is 20.1. The van der Waals surface area contributed by atoms with Crippen molar-refractivity contribution < 1.29 is 48.9 Å². The molecule has 0 radical (unpaired) electrons. The summed E-state index contributed by atoms with van der Waals surface area (Å²) in [7, 11) is 0. The van der Waals surface area contributed by atoms with Gasteiger partial charge in [0.1, 0.15) is 23.9 Å². The average Bonchev–Trinajstić information content (AvgIpc) is 2.81. The molecule has 0 saturated carbocycles. The third-order valence-corrected chi connectivity index (χ3v) is 5.07. The summed E-state index contributed by atoms with van der Waals surface area (Å²) in [5.74, 6) is -8.13. The Labute approximate surface area is 215 Å². The molecule has 1 aromatic rings. The molecule has 4 unspecified atom stereocenters. The van der Waals surface area contributed by atoms with Crippen LogP contribution >= 0.6 is 0 Å². The van der Waals surface area contributed by atoms with Crippen LogP contribution in [0.2, 0.25) is 0 Å². The Kier molecular flexibility index (Phi) is 12.1. The first-order valence-corrected chi connectivity index (χ1v) is 11.1. The fourth-order valence-corrected chi connectivity index (χ4v) is 3.15. The van der Waals surface area contributed by atoms with E-state index in [2.05, 4.69) is 10.6 Å². The van der Waals surface area contributed by atoms with E-state index in [1.54, 1.807) is 0 Å². The molecule has 0 bridgehead atoms. The van der Waals surface area contributed by atoms with Gasteiger partial charge >= 0.3 is 11.9 Å². The highest BCUT2D eigenvalue weighted by Crippen LogP contribution is 2.11. The number of carboxylic acid groups (broad SMARTS) is 2. The van der Waals surface area contributed by atoms with Crippen LogP contribution in [0.4, 0.5) is 0 Å². The predicted molar refractivity (Wildman–Crippen MR) is 128 cm³/mol. The molecule has 5 amide bonds. The second-order valence-electron chi connectivity index (χ2n) is 8.27. The number of hydrogen-bond acceptors (Lipinski definition) is 9. The molecule has 208 valence electrons. The molecule has 0 spiro atoms. The summed E-state index contributed by atoms with van der Waals surface area (Å²) in [5, 5.41) is 33.7. The van der Waals surface area contributed by atoms with Crippen LogP contribution in [0.3, 0.4) is 0 Å². The van der Waals surface area contributed by atoms with Gasteiger partial charge in [-0.2, -0.15) is 0 Å². The average molecular weight is 539 g/mol. The third-order valence-electron chi connectivity index (χ3n) is 5.07. The molecule has 0 aliphatic carbocycles. The smallest absolute Gasteiger partial charge is 0.326 e. The lowest BCUT2D eigenvalue weighted by atomic mass is 10.0. The van der Waals surface area contributed by atoms with E-state index < -0.39 is 91.3 Å². The normalized spacial score (nSPS) is 13.7. The molecule has 0 aliphatic rings. The number of hydrogen-bond donors (Lipinski definition) is 9. The maximum absolute atomic E-state index is 12.8. The molecule has 0 fully saturated rings. The summed E-state index contributed by atoms with van der Waals surface area (Å²) in [6.07, 6.45) is -2.60. The molecular formula is C22H30N6O10. The van der Waals surface area contributed by atoms with Crippen molar-refractivity contribution in [3.8, 4) is 5.75 Å². The molecule has 38 heavy (non-hydrogen) atoms. The van der Waals surface area contributed by atoms with Gasteiger partial charge in [-0.15, -0.1) is 0 Å². The highest BCUT2D eigenvalue weighted by molar-refractivity contribution is 5.97. The van der Waals surface area contributed by atoms with Crippen molar-refractivity contribution in [2.75, 3.05) is 0 Å². The number of rotatable bonds is 16. The molecule has 0 heterocycles. The third kappa shape index (κ3) is 11.3. The lowest BCUT2D eigenvalue weighted by Crippen LogP contribution is -2.58. The van der Waals surface area contributed by atoms with Gasteiger partial charge in [0.25, 0.3) is 0 Å². The van der Waals surface area contributed by atoms with Gasteiger partial charge in [0.15, 0.2) is 0 Å². The van der Waals surface area contributed by atoms with Gasteiger partial charge < -0.3 is 48.5 Å². The molecule has 0 aliphatic heterocycles. The van der Waals surface area contributed by atoms with Gasteiger partial charge in [-0.05, 0) is 30.5 Å². The summed E-state index contributed by atoms with van der Waals surface area (Å²) < 4.78 is 0. The van der Waals surface area contributed by atoms with Crippen LogP contribution in [-0.2, 0) is 40.0 Å². The molecule has 16 heteroatoms. The van der Waals surface area contributed by atoms with Crippen LogP contribution in [0.25, 0.3) is 0 Å². The quantitative estimate of drug-likeness (QED) is 0.0990. The van der Waals surface area contributed by atoms with Crippen LogP contribution in [-0.4, -0.2) is 81.0 Å². The van der Waals surface area contributed by atoms with Crippen LogP contribution in [0, 0.1) is 0 Å². The second kappa shape index (κ2) is 14.7. The maximum atomic E-state index is 12.8. The Morgan fingerprint density at radius 2 is 1.18 bits per heavy atom. The zero-order chi connectivity index (χ0) is 29.0. The lowest BCUT2D eigenvalue weighted by Gasteiger charge is -2.24. The van der Waals surface area contributed by atoms with Gasteiger partial charge in [0, 0.05) is 6.42 Å². The van der Waals surface area contributed by atoms with E-state index in [1.165, 1.54) is 24.3 Å². The van der Waals surface area contributed by atoms with Gasteiger partial charge in [-0.25, -0.2) is 4.79 Å². The van der Waals surface area contributed by atoms with Crippen molar-refractivity contribution in [2.45, 2.75) is 56.3 Å². The van der Waals surface area contributed by atoms with Crippen molar-refractivity contribution in [1.29, 1.82) is 0 Å². The summed E-state index contributed by atoms with van der Waals surface area (Å²) in [6, 6.07) is -0.425. The maximum Gasteiger partial charge on any atom is 0.326 e. The standard InChI is InChI=1S/C22H30N6O10/c23-12(7-10-1-3-11(29)4-2-10)19(34)27-14(8-16(24)30)21(36)28-15(9-17(25)31)20(35)26-13(22(37)38)5-6-18(32)33/h1-4,12-15,29H,5-9,23H2,(H2,24,30)(H2,25,31)(H,26,35)(H,27,34)(H,28,36)(H,32,33)(H,37,38). The number of nitrogens with two attached hydrogens (primary N) is 3. The number of carboxylic acids is 2. The first kappa shape index (κ1) is 31.3. The summed E-state index contributed by atoms with van der Waals surface area (Å²) in [6.45, 7) is 0. The van der Waals surface area contributed by atoms with Crippen LogP contribution in [0.15, 0.2) is 24.3 Å².